The molecule has 1 saturated heterocycles. The third-order valence-corrected chi connectivity index (χ3v) is 6.68. The van der Waals surface area contributed by atoms with Crippen LogP contribution in [0.2, 0.25) is 0 Å². The fourth-order valence-electron chi connectivity index (χ4n) is 3.83. The summed E-state index contributed by atoms with van der Waals surface area (Å²) in [5.41, 5.74) is 2.33. The third kappa shape index (κ3) is 6.06. The van der Waals surface area contributed by atoms with Gasteiger partial charge in [0.15, 0.2) is 0 Å². The molecule has 168 valence electrons. The zero-order valence-electron chi connectivity index (χ0n) is 19.0. The summed E-state index contributed by atoms with van der Waals surface area (Å²) < 4.78 is 0. The van der Waals surface area contributed by atoms with E-state index in [2.05, 4.69) is 43.3 Å². The van der Waals surface area contributed by atoms with Crippen molar-refractivity contribution in [1.82, 2.24) is 15.2 Å². The van der Waals surface area contributed by atoms with Crippen LogP contribution in [0.1, 0.15) is 80.4 Å². The number of carbonyl (C=O) groups excluding carboxylic acids is 2. The van der Waals surface area contributed by atoms with Crippen LogP contribution in [0.4, 0.5) is 10.5 Å². The number of nitrogens with one attached hydrogen (secondary N) is 2. The number of aromatic nitrogens is 1. The number of para-hydroxylation sites is 1. The maximum absolute atomic E-state index is 12.8. The number of anilines is 1. The van der Waals surface area contributed by atoms with Crippen molar-refractivity contribution >= 4 is 29.0 Å². The zero-order valence-corrected chi connectivity index (χ0v) is 19.8. The Hall–Kier alpha value is -2.41. The average Bonchev–Trinajstić information content (AvgIpc) is 3.24. The molecular weight excluding hydrogens is 408 g/mol. The maximum atomic E-state index is 12.8. The van der Waals surface area contributed by atoms with E-state index in [-0.39, 0.29) is 17.4 Å². The lowest BCUT2D eigenvalue weighted by molar-refractivity contribution is 0.102. The lowest BCUT2D eigenvalue weighted by Gasteiger charge is -2.31. The van der Waals surface area contributed by atoms with Crippen LogP contribution in [-0.4, -0.2) is 41.5 Å². The molecule has 1 aromatic heterocycles. The molecule has 2 heterocycles. The highest BCUT2D eigenvalue weighted by Gasteiger charge is 2.26. The molecule has 1 fully saturated rings. The van der Waals surface area contributed by atoms with Crippen LogP contribution >= 0.6 is 11.3 Å². The maximum Gasteiger partial charge on any atom is 0.317 e. The number of hydrogen-bond acceptors (Lipinski definition) is 4. The average molecular weight is 443 g/mol. The fraction of sp³-hybridized carbons (Fsp3) is 0.542. The number of hydrogen-bond donors (Lipinski definition) is 2. The highest BCUT2D eigenvalue weighted by atomic mass is 32.1. The lowest BCUT2D eigenvalue weighted by atomic mass is 9.86. The van der Waals surface area contributed by atoms with E-state index < -0.39 is 0 Å². The van der Waals surface area contributed by atoms with Gasteiger partial charge in [0.1, 0.15) is 5.69 Å². The van der Waals surface area contributed by atoms with Gasteiger partial charge in [0.2, 0.25) is 0 Å². The number of rotatable bonds is 6. The van der Waals surface area contributed by atoms with Crippen molar-refractivity contribution < 1.29 is 9.59 Å². The van der Waals surface area contributed by atoms with Gasteiger partial charge < -0.3 is 15.5 Å². The molecule has 6 nitrogen and oxygen atoms in total. The van der Waals surface area contributed by atoms with Crippen LogP contribution in [0.5, 0.6) is 0 Å². The van der Waals surface area contributed by atoms with E-state index in [0.717, 1.165) is 61.6 Å². The fourth-order valence-corrected chi connectivity index (χ4v) is 4.80. The van der Waals surface area contributed by atoms with Gasteiger partial charge in [-0.15, -0.1) is 11.3 Å². The van der Waals surface area contributed by atoms with E-state index in [0.29, 0.717) is 11.6 Å². The van der Waals surface area contributed by atoms with Gasteiger partial charge in [-0.05, 0) is 36.3 Å². The van der Waals surface area contributed by atoms with Crippen molar-refractivity contribution in [1.29, 1.82) is 0 Å². The first kappa shape index (κ1) is 23.3. The van der Waals surface area contributed by atoms with E-state index in [1.165, 1.54) is 0 Å². The molecular formula is C24H34N4O2S. The van der Waals surface area contributed by atoms with Crippen molar-refractivity contribution in [3.05, 3.63) is 45.9 Å². The van der Waals surface area contributed by atoms with E-state index >= 15 is 0 Å². The number of carbonyl (C=O) groups is 2. The van der Waals surface area contributed by atoms with Gasteiger partial charge in [0.25, 0.3) is 5.91 Å². The molecule has 0 aliphatic carbocycles. The Morgan fingerprint density at radius 1 is 1.19 bits per heavy atom. The molecule has 0 atom stereocenters. The number of urea groups is 1. The van der Waals surface area contributed by atoms with Crippen LogP contribution in [-0.2, 0) is 5.41 Å². The summed E-state index contributed by atoms with van der Waals surface area (Å²) in [6.07, 6.45) is 3.84. The second kappa shape index (κ2) is 10.3. The van der Waals surface area contributed by atoms with E-state index in [9.17, 15) is 9.59 Å². The molecule has 1 aromatic carbocycles. The Balaban J connectivity index is 1.58. The number of thiazole rings is 1. The monoisotopic (exact) mass is 442 g/mol. The molecule has 3 amide bonds. The molecule has 1 aliphatic heterocycles. The van der Waals surface area contributed by atoms with Gasteiger partial charge in [-0.3, -0.25) is 4.79 Å². The molecule has 7 heteroatoms. The lowest BCUT2D eigenvalue weighted by Crippen LogP contribution is -2.44. The van der Waals surface area contributed by atoms with Crippen molar-refractivity contribution in [3.8, 4) is 0 Å². The first-order valence-electron chi connectivity index (χ1n) is 11.2. The number of amides is 3. The predicted octanol–water partition coefficient (Wildman–Crippen LogP) is 5.38. The number of piperidine rings is 1. The normalized spacial score (nSPS) is 15.0. The molecule has 2 N–H and O–H groups in total. The minimum absolute atomic E-state index is 0.0311. The van der Waals surface area contributed by atoms with E-state index in [4.69, 9.17) is 0 Å². The van der Waals surface area contributed by atoms with Crippen LogP contribution in [0.3, 0.4) is 0 Å². The molecule has 0 radical (unpaired) electrons. The molecule has 0 saturated carbocycles. The van der Waals surface area contributed by atoms with Gasteiger partial charge in [0, 0.05) is 36.6 Å². The quantitative estimate of drug-likeness (QED) is 0.590. The van der Waals surface area contributed by atoms with Gasteiger partial charge in [-0.2, -0.15) is 0 Å². The summed E-state index contributed by atoms with van der Waals surface area (Å²) in [4.78, 5) is 31.6. The molecule has 2 aromatic rings. The Morgan fingerprint density at radius 3 is 2.58 bits per heavy atom. The smallest absolute Gasteiger partial charge is 0.317 e. The third-order valence-electron chi connectivity index (χ3n) is 5.68. The molecule has 0 spiro atoms. The van der Waals surface area contributed by atoms with Gasteiger partial charge in [0.05, 0.1) is 5.01 Å². The van der Waals surface area contributed by atoms with Crippen LogP contribution in [0, 0.1) is 0 Å². The molecule has 0 unspecified atom stereocenters. The Bertz CT molecular complexity index is 895. The molecule has 3 rings (SSSR count). The summed E-state index contributed by atoms with van der Waals surface area (Å²) in [6.45, 7) is 10.7. The highest BCUT2D eigenvalue weighted by molar-refractivity contribution is 7.10. The number of likely N-dealkylation sites (tertiary alicyclic amines) is 1. The van der Waals surface area contributed by atoms with E-state index in [1.807, 2.05) is 34.5 Å². The Morgan fingerprint density at radius 2 is 1.90 bits per heavy atom. The van der Waals surface area contributed by atoms with Crippen LogP contribution < -0.4 is 10.6 Å². The number of unbranched alkanes of at least 4 members (excludes halogenated alkanes) is 1. The van der Waals surface area contributed by atoms with E-state index in [1.54, 1.807) is 11.3 Å². The zero-order chi connectivity index (χ0) is 22.4. The van der Waals surface area contributed by atoms with Crippen LogP contribution in [0.25, 0.3) is 0 Å². The van der Waals surface area contributed by atoms with Crippen molar-refractivity contribution in [2.24, 2.45) is 0 Å². The second-order valence-electron chi connectivity index (χ2n) is 9.17. The summed E-state index contributed by atoms with van der Waals surface area (Å²) >= 11 is 1.54. The Kier molecular flexibility index (Phi) is 7.70. The van der Waals surface area contributed by atoms with Gasteiger partial charge in [-0.1, -0.05) is 52.3 Å². The molecule has 1 aliphatic rings. The summed E-state index contributed by atoms with van der Waals surface area (Å²) in [7, 11) is 0. The van der Waals surface area contributed by atoms with Crippen molar-refractivity contribution in [3.63, 3.8) is 0 Å². The summed E-state index contributed by atoms with van der Waals surface area (Å²) in [5.74, 6) is 0.125. The first-order valence-corrected chi connectivity index (χ1v) is 12.1. The number of benzene rings is 1. The topological polar surface area (TPSA) is 74.3 Å². The molecule has 31 heavy (non-hydrogen) atoms. The van der Waals surface area contributed by atoms with Gasteiger partial charge in [-0.25, -0.2) is 9.78 Å². The molecule has 0 bridgehead atoms. The Labute approximate surface area is 189 Å². The highest BCUT2D eigenvalue weighted by Crippen LogP contribution is 2.32. The van der Waals surface area contributed by atoms with Gasteiger partial charge >= 0.3 is 6.03 Å². The minimum atomic E-state index is -0.174. The summed E-state index contributed by atoms with van der Waals surface area (Å²) in [6, 6.07) is 7.95. The largest absolute Gasteiger partial charge is 0.338 e. The van der Waals surface area contributed by atoms with Crippen LogP contribution in [0.15, 0.2) is 29.6 Å². The van der Waals surface area contributed by atoms with Crippen molar-refractivity contribution in [2.75, 3.05) is 25.0 Å². The SMILES string of the molecule is CCCCNC(=O)N1CCC(c2nc(C(=O)Nc3ccccc3C(C)(C)C)cs2)CC1. The second-order valence-corrected chi connectivity index (χ2v) is 10.1. The first-order chi connectivity index (χ1) is 14.8. The minimum Gasteiger partial charge on any atom is -0.338 e. The summed E-state index contributed by atoms with van der Waals surface area (Å²) in [5, 5.41) is 8.85. The van der Waals surface area contributed by atoms with Crippen molar-refractivity contribution in [2.45, 2.75) is 64.7 Å². The number of nitrogens with zero attached hydrogens (tertiary/aromatic N) is 2. The standard InChI is InChI=1S/C24H34N4O2S/c1-5-6-13-25-23(30)28-14-11-17(12-15-28)22-27-20(16-31-22)21(29)26-19-10-8-7-9-18(19)24(2,3)4/h7-10,16-17H,5-6,11-15H2,1-4H3,(H,25,30)(H,26,29). The predicted molar refractivity (Wildman–Crippen MR) is 127 cm³/mol.